The highest BCUT2D eigenvalue weighted by molar-refractivity contribution is 6.32. The van der Waals surface area contributed by atoms with Crippen molar-refractivity contribution >= 4 is 29.0 Å². The largest absolute Gasteiger partial charge is 0.495 e. The molecule has 6 nitrogen and oxygen atoms in total. The predicted molar refractivity (Wildman–Crippen MR) is 115 cm³/mol. The molecule has 1 amide bonds. The summed E-state index contributed by atoms with van der Waals surface area (Å²) in [4.78, 5) is 14.7. The second kappa shape index (κ2) is 8.49. The number of anilines is 2. The fourth-order valence-corrected chi connectivity index (χ4v) is 3.59. The van der Waals surface area contributed by atoms with Crippen LogP contribution in [0.25, 0.3) is 11.3 Å². The molecule has 1 aliphatic rings. The number of hydrogen-bond acceptors (Lipinski definition) is 5. The molecule has 4 rings (SSSR count). The molecule has 0 saturated carbocycles. The lowest BCUT2D eigenvalue weighted by Gasteiger charge is -2.15. The summed E-state index contributed by atoms with van der Waals surface area (Å²) in [6, 6.07) is 16.4. The van der Waals surface area contributed by atoms with Gasteiger partial charge in [-0.15, -0.1) is 10.2 Å². The first kappa shape index (κ1) is 19.2. The number of nitrogens with zero attached hydrogens (tertiary/aromatic N) is 3. The number of benzene rings is 2. The molecule has 0 unspecified atom stereocenters. The van der Waals surface area contributed by atoms with Gasteiger partial charge in [-0.2, -0.15) is 0 Å². The van der Waals surface area contributed by atoms with Gasteiger partial charge in [0.25, 0.3) is 5.91 Å². The molecule has 2 aromatic carbocycles. The molecule has 148 valence electrons. The highest BCUT2D eigenvalue weighted by atomic mass is 35.5. The summed E-state index contributed by atoms with van der Waals surface area (Å²) in [7, 11) is 1.55. The van der Waals surface area contributed by atoms with Gasteiger partial charge in [-0.1, -0.05) is 23.7 Å². The molecule has 0 bridgehead atoms. The van der Waals surface area contributed by atoms with E-state index in [1.54, 1.807) is 37.4 Å². The van der Waals surface area contributed by atoms with E-state index in [0.29, 0.717) is 22.0 Å². The van der Waals surface area contributed by atoms with Crippen molar-refractivity contribution in [3.63, 3.8) is 0 Å². The minimum Gasteiger partial charge on any atom is -0.495 e. The minimum atomic E-state index is -0.215. The van der Waals surface area contributed by atoms with Crippen molar-refractivity contribution in [2.24, 2.45) is 0 Å². The van der Waals surface area contributed by atoms with Gasteiger partial charge >= 0.3 is 0 Å². The number of carbonyl (C=O) groups excluding carboxylic acids is 1. The summed E-state index contributed by atoms with van der Waals surface area (Å²) in [5.74, 6) is 1.26. The average molecular weight is 409 g/mol. The molecule has 1 N–H and O–H groups in total. The van der Waals surface area contributed by atoms with Crippen molar-refractivity contribution in [1.29, 1.82) is 0 Å². The Kier molecular flexibility index (Phi) is 5.62. The molecule has 29 heavy (non-hydrogen) atoms. The highest BCUT2D eigenvalue weighted by Crippen LogP contribution is 2.27. The Balaban J connectivity index is 1.44. The van der Waals surface area contributed by atoms with Crippen LogP contribution in [0.1, 0.15) is 23.2 Å². The van der Waals surface area contributed by atoms with Gasteiger partial charge in [0.05, 0.1) is 17.8 Å². The third-order valence-electron chi connectivity index (χ3n) is 4.93. The molecule has 0 radical (unpaired) electrons. The maximum absolute atomic E-state index is 12.5. The van der Waals surface area contributed by atoms with E-state index in [2.05, 4.69) is 20.4 Å². The first-order chi connectivity index (χ1) is 14.1. The van der Waals surface area contributed by atoms with E-state index in [9.17, 15) is 4.79 Å². The van der Waals surface area contributed by atoms with Crippen LogP contribution >= 0.6 is 11.6 Å². The van der Waals surface area contributed by atoms with Gasteiger partial charge in [0, 0.05) is 29.9 Å². The molecule has 3 aromatic rings. The first-order valence-corrected chi connectivity index (χ1v) is 9.86. The van der Waals surface area contributed by atoms with E-state index >= 15 is 0 Å². The van der Waals surface area contributed by atoms with E-state index in [0.717, 1.165) is 30.2 Å². The SMILES string of the molecule is COc1ccc(NC(=O)c2ccc(-c3ccc(N4CCCC4)nn3)cc2)cc1Cl. The Labute approximate surface area is 174 Å². The molecule has 1 aromatic heterocycles. The number of rotatable bonds is 5. The molecule has 1 fully saturated rings. The van der Waals surface area contributed by atoms with Crippen molar-refractivity contribution in [2.75, 3.05) is 30.4 Å². The van der Waals surface area contributed by atoms with Crippen LogP contribution in [0.4, 0.5) is 11.5 Å². The number of hydrogen-bond donors (Lipinski definition) is 1. The maximum atomic E-state index is 12.5. The lowest BCUT2D eigenvalue weighted by Crippen LogP contribution is -2.19. The number of methoxy groups -OCH3 is 1. The van der Waals surface area contributed by atoms with Crippen LogP contribution in [0.15, 0.2) is 54.6 Å². The van der Waals surface area contributed by atoms with Crippen molar-refractivity contribution < 1.29 is 9.53 Å². The van der Waals surface area contributed by atoms with Crippen LogP contribution < -0.4 is 15.0 Å². The zero-order valence-electron chi connectivity index (χ0n) is 16.1. The van der Waals surface area contributed by atoms with Crippen molar-refractivity contribution in [3.8, 4) is 17.0 Å². The van der Waals surface area contributed by atoms with Crippen molar-refractivity contribution in [3.05, 3.63) is 65.2 Å². The quantitative estimate of drug-likeness (QED) is 0.665. The predicted octanol–water partition coefficient (Wildman–Crippen LogP) is 4.66. The van der Waals surface area contributed by atoms with E-state index in [1.165, 1.54) is 12.8 Å². The van der Waals surface area contributed by atoms with Gasteiger partial charge in [0.2, 0.25) is 0 Å². The van der Waals surface area contributed by atoms with Crippen LogP contribution in [0.3, 0.4) is 0 Å². The lowest BCUT2D eigenvalue weighted by atomic mass is 10.1. The third-order valence-corrected chi connectivity index (χ3v) is 5.23. The zero-order valence-corrected chi connectivity index (χ0v) is 16.8. The summed E-state index contributed by atoms with van der Waals surface area (Å²) >= 11 is 6.11. The highest BCUT2D eigenvalue weighted by Gasteiger charge is 2.14. The van der Waals surface area contributed by atoms with E-state index in [-0.39, 0.29) is 5.91 Å². The Bertz CT molecular complexity index is 1000. The summed E-state index contributed by atoms with van der Waals surface area (Å²) in [6.45, 7) is 2.08. The molecular formula is C22H21ClN4O2. The van der Waals surface area contributed by atoms with Crippen LogP contribution in [-0.2, 0) is 0 Å². The number of halogens is 1. The van der Waals surface area contributed by atoms with Crippen LogP contribution in [0.2, 0.25) is 5.02 Å². The lowest BCUT2D eigenvalue weighted by molar-refractivity contribution is 0.102. The Morgan fingerprint density at radius 1 is 1.03 bits per heavy atom. The standard InChI is InChI=1S/C22H21ClN4O2/c1-29-20-10-8-17(14-18(20)23)24-22(28)16-6-4-15(5-7-16)19-9-11-21(26-25-19)27-12-2-3-13-27/h4-11,14H,2-3,12-13H2,1H3,(H,24,28). The molecule has 0 atom stereocenters. The van der Waals surface area contributed by atoms with E-state index in [4.69, 9.17) is 16.3 Å². The van der Waals surface area contributed by atoms with Gasteiger partial charge in [-0.05, 0) is 55.3 Å². The fraction of sp³-hybridized carbons (Fsp3) is 0.227. The Hall–Kier alpha value is -3.12. The normalized spacial score (nSPS) is 13.4. The topological polar surface area (TPSA) is 67.3 Å². The van der Waals surface area contributed by atoms with Gasteiger partial charge < -0.3 is 15.0 Å². The minimum absolute atomic E-state index is 0.215. The average Bonchev–Trinajstić information content (AvgIpc) is 3.29. The number of nitrogens with one attached hydrogen (secondary N) is 1. The molecular weight excluding hydrogens is 388 g/mol. The van der Waals surface area contributed by atoms with Gasteiger partial charge in [-0.3, -0.25) is 4.79 Å². The third kappa shape index (κ3) is 4.32. The smallest absolute Gasteiger partial charge is 0.255 e. The maximum Gasteiger partial charge on any atom is 0.255 e. The number of ether oxygens (including phenoxy) is 1. The zero-order chi connectivity index (χ0) is 20.2. The number of amides is 1. The van der Waals surface area contributed by atoms with Gasteiger partial charge in [0.1, 0.15) is 5.75 Å². The van der Waals surface area contributed by atoms with Crippen LogP contribution in [0, 0.1) is 0 Å². The summed E-state index contributed by atoms with van der Waals surface area (Å²) in [5, 5.41) is 12.0. The van der Waals surface area contributed by atoms with Crippen molar-refractivity contribution in [1.82, 2.24) is 10.2 Å². The van der Waals surface area contributed by atoms with E-state index in [1.807, 2.05) is 24.3 Å². The monoisotopic (exact) mass is 408 g/mol. The fourth-order valence-electron chi connectivity index (χ4n) is 3.33. The van der Waals surface area contributed by atoms with Gasteiger partial charge in [0.15, 0.2) is 5.82 Å². The summed E-state index contributed by atoms with van der Waals surface area (Å²) in [5.41, 5.74) is 2.84. The van der Waals surface area contributed by atoms with Crippen LogP contribution in [-0.4, -0.2) is 36.3 Å². The molecule has 0 aliphatic carbocycles. The summed E-state index contributed by atoms with van der Waals surface area (Å²) in [6.07, 6.45) is 2.41. The second-order valence-electron chi connectivity index (χ2n) is 6.85. The number of aromatic nitrogens is 2. The summed E-state index contributed by atoms with van der Waals surface area (Å²) < 4.78 is 5.12. The Morgan fingerprint density at radius 2 is 1.79 bits per heavy atom. The van der Waals surface area contributed by atoms with E-state index < -0.39 is 0 Å². The van der Waals surface area contributed by atoms with Crippen LogP contribution in [0.5, 0.6) is 5.75 Å². The molecule has 2 heterocycles. The first-order valence-electron chi connectivity index (χ1n) is 9.48. The Morgan fingerprint density at radius 3 is 2.41 bits per heavy atom. The molecule has 1 saturated heterocycles. The molecule has 0 spiro atoms. The molecule has 7 heteroatoms. The van der Waals surface area contributed by atoms with Gasteiger partial charge in [-0.25, -0.2) is 0 Å². The second-order valence-corrected chi connectivity index (χ2v) is 7.26. The molecule has 1 aliphatic heterocycles. The van der Waals surface area contributed by atoms with Crippen molar-refractivity contribution in [2.45, 2.75) is 12.8 Å². The number of carbonyl (C=O) groups is 1.